The first kappa shape index (κ1) is 34.1. The molecule has 2 fully saturated rings. The highest BCUT2D eigenvalue weighted by Gasteiger charge is 2.34. The number of morpholine rings is 1. The number of aromatic nitrogens is 2. The summed E-state index contributed by atoms with van der Waals surface area (Å²) in [6, 6.07) is 4.31. The fourth-order valence-electron chi connectivity index (χ4n) is 5.40. The molecule has 2 aromatic carbocycles. The lowest BCUT2D eigenvalue weighted by Gasteiger charge is -2.28. The van der Waals surface area contributed by atoms with Crippen molar-refractivity contribution in [2.45, 2.75) is 51.8 Å². The molecule has 1 N–H and O–H groups in total. The van der Waals surface area contributed by atoms with E-state index >= 15 is 0 Å². The molecule has 0 radical (unpaired) electrons. The topological polar surface area (TPSA) is 100 Å². The molecule has 0 bridgehead atoms. The van der Waals surface area contributed by atoms with Crippen molar-refractivity contribution in [2.24, 2.45) is 0 Å². The van der Waals surface area contributed by atoms with Crippen molar-refractivity contribution in [3.63, 3.8) is 0 Å². The number of anilines is 2. The van der Waals surface area contributed by atoms with Crippen molar-refractivity contribution in [3.05, 3.63) is 59.0 Å². The minimum Gasteiger partial charge on any atom is -0.444 e. The van der Waals surface area contributed by atoms with E-state index in [0.29, 0.717) is 73.8 Å². The van der Waals surface area contributed by atoms with Crippen molar-refractivity contribution in [1.29, 1.82) is 0 Å². The van der Waals surface area contributed by atoms with Crippen LogP contribution >= 0.6 is 13.5 Å². The van der Waals surface area contributed by atoms with Crippen molar-refractivity contribution in [1.82, 2.24) is 19.8 Å². The van der Waals surface area contributed by atoms with Crippen LogP contribution in [0.1, 0.15) is 56.1 Å². The average Bonchev–Trinajstić information content (AvgIpc) is 3.48. The third-order valence-electron chi connectivity index (χ3n) is 7.76. The predicted molar refractivity (Wildman–Crippen MR) is 170 cm³/mol. The van der Waals surface area contributed by atoms with Crippen LogP contribution in [-0.2, 0) is 9.47 Å². The van der Waals surface area contributed by atoms with Gasteiger partial charge in [-0.15, -0.1) is 0 Å². The lowest BCUT2D eigenvalue weighted by Crippen LogP contribution is -2.42. The number of nitrogens with one attached hydrogen (secondary N) is 1. The number of likely N-dealkylation sites (N-methyl/N-ethyl adjacent to an activating group) is 1. The van der Waals surface area contributed by atoms with E-state index in [4.69, 9.17) is 14.5 Å². The van der Waals surface area contributed by atoms with Crippen LogP contribution in [0.25, 0.3) is 11.0 Å². The van der Waals surface area contributed by atoms with E-state index in [0.717, 1.165) is 12.1 Å². The summed E-state index contributed by atoms with van der Waals surface area (Å²) in [5.74, 6) is -3.80. The molecule has 14 heteroatoms. The van der Waals surface area contributed by atoms with Crippen LogP contribution in [0.4, 0.5) is 29.5 Å². The lowest BCUT2D eigenvalue weighted by molar-refractivity contribution is 0.0226. The lowest BCUT2D eigenvalue weighted by atomic mass is 10.0. The van der Waals surface area contributed by atoms with Gasteiger partial charge in [-0.25, -0.2) is 22.9 Å². The SMILES string of the molecule is CC(Nc1cc(F)c(F)c(F)c1)c1cc(C(=O)N2CC[C@H](N(C)C(=O)OC(C)(C)C)C2)cc2ncc(N3CCOCC3)nc12.S. The van der Waals surface area contributed by atoms with Gasteiger partial charge in [-0.2, -0.15) is 13.5 Å². The largest absolute Gasteiger partial charge is 0.444 e. The number of amides is 2. The summed E-state index contributed by atoms with van der Waals surface area (Å²) in [6.45, 7) is 10.3. The second kappa shape index (κ2) is 13.7. The number of rotatable bonds is 6. The first-order valence-corrected chi connectivity index (χ1v) is 14.6. The number of carbonyl (C=O) groups is 2. The Bertz CT molecular complexity index is 1540. The molecule has 2 aliphatic rings. The highest BCUT2D eigenvalue weighted by molar-refractivity contribution is 7.59. The number of ether oxygens (including phenoxy) is 2. The van der Waals surface area contributed by atoms with Gasteiger partial charge < -0.3 is 29.5 Å². The van der Waals surface area contributed by atoms with Gasteiger partial charge >= 0.3 is 6.09 Å². The Kier molecular flexibility index (Phi) is 10.4. The summed E-state index contributed by atoms with van der Waals surface area (Å²) in [4.78, 5) is 41.2. The first-order valence-electron chi connectivity index (χ1n) is 14.6. The van der Waals surface area contributed by atoms with Crippen LogP contribution in [-0.4, -0.2) is 89.9 Å². The van der Waals surface area contributed by atoms with Crippen molar-refractivity contribution >= 4 is 48.0 Å². The second-order valence-electron chi connectivity index (χ2n) is 12.2. The van der Waals surface area contributed by atoms with Crippen LogP contribution in [0.5, 0.6) is 0 Å². The standard InChI is InChI=1S/C31H37F3N6O4.H2S/c1-18(36-20-14-23(32)27(34)24(33)15-20)22-12-19(13-25-28(22)37-26(16-35-25)39-8-10-43-11-9-39)29(41)40-7-6-21(17-40)38(5)30(42)44-31(2,3)4;/h12-16,18,21,36H,6-11,17H2,1-5H3;1H2/t18?,21-;/m0./s1. The Hall–Kier alpha value is -3.78. The summed E-state index contributed by atoms with van der Waals surface area (Å²) in [6.07, 6.45) is 1.78. The zero-order chi connectivity index (χ0) is 31.8. The summed E-state index contributed by atoms with van der Waals surface area (Å²) in [7, 11) is 1.66. The third-order valence-corrected chi connectivity index (χ3v) is 7.76. The summed E-state index contributed by atoms with van der Waals surface area (Å²) in [5, 5.41) is 3.02. The predicted octanol–water partition coefficient (Wildman–Crippen LogP) is 5.25. The van der Waals surface area contributed by atoms with Gasteiger partial charge in [0, 0.05) is 62.2 Å². The third kappa shape index (κ3) is 7.72. The molecule has 2 saturated heterocycles. The van der Waals surface area contributed by atoms with Crippen LogP contribution < -0.4 is 10.2 Å². The smallest absolute Gasteiger partial charge is 0.410 e. The van der Waals surface area contributed by atoms with Gasteiger partial charge in [0.1, 0.15) is 11.4 Å². The highest BCUT2D eigenvalue weighted by atomic mass is 32.1. The second-order valence-corrected chi connectivity index (χ2v) is 12.2. The number of halogens is 3. The van der Waals surface area contributed by atoms with Gasteiger partial charge in [-0.05, 0) is 46.2 Å². The van der Waals surface area contributed by atoms with Gasteiger partial charge in [-0.3, -0.25) is 9.78 Å². The molecule has 1 aromatic heterocycles. The quantitative estimate of drug-likeness (QED) is 0.362. The van der Waals surface area contributed by atoms with E-state index < -0.39 is 35.2 Å². The van der Waals surface area contributed by atoms with Crippen LogP contribution in [0.3, 0.4) is 0 Å². The molecule has 10 nitrogen and oxygen atoms in total. The number of fused-ring (bicyclic) bond motifs is 1. The van der Waals surface area contributed by atoms with Crippen molar-refractivity contribution < 1.29 is 32.2 Å². The average molecular weight is 649 g/mol. The maximum atomic E-state index is 14.0. The Balaban J connectivity index is 0.00000461. The maximum Gasteiger partial charge on any atom is 0.410 e. The molecule has 244 valence electrons. The molecule has 0 aliphatic carbocycles. The zero-order valence-corrected chi connectivity index (χ0v) is 27.0. The molecule has 2 atom stereocenters. The molecule has 2 aliphatic heterocycles. The Morgan fingerprint density at radius 1 is 1.09 bits per heavy atom. The van der Waals surface area contributed by atoms with Crippen molar-refractivity contribution in [2.75, 3.05) is 56.7 Å². The van der Waals surface area contributed by atoms with Crippen LogP contribution in [0.15, 0.2) is 30.5 Å². The minimum atomic E-state index is -1.55. The van der Waals surface area contributed by atoms with E-state index in [-0.39, 0.29) is 31.1 Å². The molecule has 5 rings (SSSR count). The van der Waals surface area contributed by atoms with E-state index in [9.17, 15) is 22.8 Å². The van der Waals surface area contributed by atoms with Gasteiger partial charge in [0.2, 0.25) is 0 Å². The van der Waals surface area contributed by atoms with E-state index in [1.807, 2.05) is 4.90 Å². The zero-order valence-electron chi connectivity index (χ0n) is 26.0. The summed E-state index contributed by atoms with van der Waals surface area (Å²) < 4.78 is 52.5. The molecular weight excluding hydrogens is 609 g/mol. The fourth-order valence-corrected chi connectivity index (χ4v) is 5.40. The number of hydrogen-bond donors (Lipinski definition) is 1. The van der Waals surface area contributed by atoms with Gasteiger partial charge in [-0.1, -0.05) is 0 Å². The normalized spacial score (nSPS) is 17.6. The molecular formula is C31H39F3N6O4S. The molecule has 45 heavy (non-hydrogen) atoms. The van der Waals surface area contributed by atoms with Gasteiger partial charge in [0.25, 0.3) is 5.91 Å². The van der Waals surface area contributed by atoms with Gasteiger partial charge in [0.15, 0.2) is 17.5 Å². The first-order chi connectivity index (χ1) is 20.8. The minimum absolute atomic E-state index is 0. The van der Waals surface area contributed by atoms with E-state index in [1.54, 1.807) is 58.0 Å². The Morgan fingerprint density at radius 2 is 1.76 bits per heavy atom. The summed E-state index contributed by atoms with van der Waals surface area (Å²) >= 11 is 0. The molecule has 0 saturated carbocycles. The monoisotopic (exact) mass is 648 g/mol. The Morgan fingerprint density at radius 3 is 2.40 bits per heavy atom. The highest BCUT2D eigenvalue weighted by Crippen LogP contribution is 2.31. The molecule has 3 heterocycles. The van der Waals surface area contributed by atoms with Crippen LogP contribution in [0.2, 0.25) is 0 Å². The molecule has 1 unspecified atom stereocenters. The number of likely N-dealkylation sites (tertiary alicyclic amines) is 1. The Labute approximate surface area is 267 Å². The number of hydrogen-bond acceptors (Lipinski definition) is 8. The van der Waals surface area contributed by atoms with Crippen molar-refractivity contribution in [3.8, 4) is 0 Å². The van der Waals surface area contributed by atoms with Gasteiger partial charge in [0.05, 0.1) is 42.5 Å². The maximum absolute atomic E-state index is 14.0. The fraction of sp³-hybridized carbons (Fsp3) is 0.484. The molecule has 2 amide bonds. The van der Waals surface area contributed by atoms with E-state index in [1.165, 1.54) is 4.90 Å². The number of benzene rings is 2. The number of carbonyl (C=O) groups excluding carboxylic acids is 2. The summed E-state index contributed by atoms with van der Waals surface area (Å²) in [5.41, 5.74) is 1.29. The molecule has 3 aromatic rings. The van der Waals surface area contributed by atoms with E-state index in [2.05, 4.69) is 10.3 Å². The molecule has 0 spiro atoms. The number of nitrogens with zero attached hydrogens (tertiary/aromatic N) is 5. The van der Waals surface area contributed by atoms with Crippen LogP contribution in [0, 0.1) is 17.5 Å².